The minimum Gasteiger partial charge on any atom is -0.486 e. The molecule has 2 aliphatic heterocycles. The van der Waals surface area contributed by atoms with Crippen molar-refractivity contribution in [1.82, 2.24) is 8.87 Å². The number of hydrogen-bond donors (Lipinski definition) is 0. The third-order valence-electron chi connectivity index (χ3n) is 5.50. The maximum atomic E-state index is 12.9. The maximum absolute atomic E-state index is 12.9. The Morgan fingerprint density at radius 3 is 2.41 bits per heavy atom. The van der Waals surface area contributed by atoms with Gasteiger partial charge in [0.1, 0.15) is 13.2 Å². The first-order valence-corrected chi connectivity index (χ1v) is 12.9. The number of amides is 1. The number of hydrogen-bond acceptors (Lipinski definition) is 7. The van der Waals surface area contributed by atoms with Crippen molar-refractivity contribution in [2.45, 2.75) is 11.4 Å². The molecule has 1 aromatic heterocycles. The predicted octanol–water partition coefficient (Wildman–Crippen LogP) is 1.87. The highest BCUT2D eigenvalue weighted by Crippen LogP contribution is 2.35. The first-order chi connectivity index (χ1) is 16.5. The molecule has 0 N–H and O–H groups in total. The van der Waals surface area contributed by atoms with E-state index in [0.29, 0.717) is 55.8 Å². The minimum absolute atomic E-state index is 0.126. The van der Waals surface area contributed by atoms with Crippen molar-refractivity contribution in [3.8, 4) is 23.8 Å². The fourth-order valence-corrected chi connectivity index (χ4v) is 6.24. The number of ether oxygens (including phenoxy) is 3. The van der Waals surface area contributed by atoms with E-state index in [4.69, 9.17) is 20.6 Å². The van der Waals surface area contributed by atoms with Gasteiger partial charge in [0.2, 0.25) is 10.0 Å². The standard InChI is InChI=1S/C23H21N3O6S2/c1-2-7-26-18-14-19-20(32-13-12-31-19)15-21(18)33-23(26)24-22(27)16-3-5-17(6-4-16)34(28,29)25-8-10-30-11-9-25/h1,3-6,14-15H,7-13H2. The summed E-state index contributed by atoms with van der Waals surface area (Å²) < 4.78 is 46.2. The molecule has 0 radical (unpaired) electrons. The van der Waals surface area contributed by atoms with E-state index in [-0.39, 0.29) is 17.0 Å². The van der Waals surface area contributed by atoms with Gasteiger partial charge in [-0.2, -0.15) is 9.30 Å². The number of aromatic nitrogens is 1. The first kappa shape index (κ1) is 22.6. The zero-order chi connectivity index (χ0) is 23.7. The van der Waals surface area contributed by atoms with Crippen LogP contribution >= 0.6 is 11.3 Å². The maximum Gasteiger partial charge on any atom is 0.279 e. The molecule has 3 aromatic rings. The van der Waals surface area contributed by atoms with Gasteiger partial charge in [-0.15, -0.1) is 6.42 Å². The Balaban J connectivity index is 1.47. The molecule has 0 spiro atoms. The molecule has 0 aliphatic carbocycles. The Hall–Kier alpha value is -3.17. The molecule has 0 atom stereocenters. The van der Waals surface area contributed by atoms with Crippen LogP contribution in [-0.2, 0) is 21.3 Å². The van der Waals surface area contributed by atoms with Crippen molar-refractivity contribution in [2.75, 3.05) is 39.5 Å². The van der Waals surface area contributed by atoms with E-state index in [9.17, 15) is 13.2 Å². The van der Waals surface area contributed by atoms with Gasteiger partial charge in [-0.3, -0.25) is 4.79 Å². The largest absolute Gasteiger partial charge is 0.486 e. The van der Waals surface area contributed by atoms with Crippen molar-refractivity contribution < 1.29 is 27.4 Å². The van der Waals surface area contributed by atoms with Crippen LogP contribution in [0, 0.1) is 12.3 Å². The number of morpholine rings is 1. The summed E-state index contributed by atoms with van der Waals surface area (Å²) in [7, 11) is -3.64. The average molecular weight is 500 g/mol. The molecule has 3 heterocycles. The molecular formula is C23H21N3O6S2. The topological polar surface area (TPSA) is 99.4 Å². The number of thiazole rings is 1. The van der Waals surface area contributed by atoms with Crippen LogP contribution in [-0.4, -0.2) is 62.7 Å². The molecule has 0 saturated carbocycles. The van der Waals surface area contributed by atoms with Crippen LogP contribution in [0.25, 0.3) is 10.2 Å². The first-order valence-electron chi connectivity index (χ1n) is 10.6. The van der Waals surface area contributed by atoms with Crippen LogP contribution in [0.4, 0.5) is 0 Å². The summed E-state index contributed by atoms with van der Waals surface area (Å²) in [5.74, 6) is 3.37. The summed E-state index contributed by atoms with van der Waals surface area (Å²) in [5.41, 5.74) is 1.07. The monoisotopic (exact) mass is 499 g/mol. The lowest BCUT2D eigenvalue weighted by Crippen LogP contribution is -2.40. The van der Waals surface area contributed by atoms with E-state index in [0.717, 1.165) is 10.2 Å². The second kappa shape index (κ2) is 9.23. The van der Waals surface area contributed by atoms with Crippen LogP contribution in [0.3, 0.4) is 0 Å². The number of carbonyl (C=O) groups is 1. The second-order valence-electron chi connectivity index (χ2n) is 7.60. The number of rotatable bonds is 4. The lowest BCUT2D eigenvalue weighted by atomic mass is 10.2. The summed E-state index contributed by atoms with van der Waals surface area (Å²) in [4.78, 5) is 17.8. The highest BCUT2D eigenvalue weighted by molar-refractivity contribution is 7.89. The zero-order valence-electron chi connectivity index (χ0n) is 18.1. The fourth-order valence-electron chi connectivity index (χ4n) is 3.79. The molecule has 0 bridgehead atoms. The molecule has 1 amide bonds. The molecule has 1 fully saturated rings. The van der Waals surface area contributed by atoms with Gasteiger partial charge in [-0.1, -0.05) is 17.3 Å². The van der Waals surface area contributed by atoms with Gasteiger partial charge in [0.25, 0.3) is 5.91 Å². The van der Waals surface area contributed by atoms with Crippen LogP contribution < -0.4 is 14.3 Å². The lowest BCUT2D eigenvalue weighted by Gasteiger charge is -2.26. The molecule has 1 saturated heterocycles. The number of benzene rings is 2. The van der Waals surface area contributed by atoms with Crippen molar-refractivity contribution in [2.24, 2.45) is 4.99 Å². The lowest BCUT2D eigenvalue weighted by molar-refractivity contribution is 0.0730. The third kappa shape index (κ3) is 4.21. The number of fused-ring (bicyclic) bond motifs is 2. The van der Waals surface area contributed by atoms with Gasteiger partial charge in [0, 0.05) is 30.8 Å². The molecule has 0 unspecified atom stereocenters. The van der Waals surface area contributed by atoms with E-state index in [1.807, 2.05) is 12.1 Å². The van der Waals surface area contributed by atoms with Gasteiger partial charge < -0.3 is 18.8 Å². The summed E-state index contributed by atoms with van der Waals surface area (Å²) in [6.07, 6.45) is 5.56. The van der Waals surface area contributed by atoms with Crippen LogP contribution in [0.5, 0.6) is 11.5 Å². The summed E-state index contributed by atoms with van der Waals surface area (Å²) in [6.45, 7) is 2.50. The quantitative estimate of drug-likeness (QED) is 0.508. The van der Waals surface area contributed by atoms with E-state index in [1.165, 1.54) is 39.9 Å². The number of carbonyl (C=O) groups excluding carboxylic acids is 1. The van der Waals surface area contributed by atoms with Gasteiger partial charge in [0.05, 0.1) is 34.9 Å². The highest BCUT2D eigenvalue weighted by atomic mass is 32.2. The van der Waals surface area contributed by atoms with Crippen molar-refractivity contribution in [1.29, 1.82) is 0 Å². The fraction of sp³-hybridized carbons (Fsp3) is 0.304. The molecular weight excluding hydrogens is 478 g/mol. The molecule has 34 heavy (non-hydrogen) atoms. The molecule has 9 nitrogen and oxygen atoms in total. The third-order valence-corrected chi connectivity index (χ3v) is 8.46. The molecule has 2 aromatic carbocycles. The SMILES string of the molecule is C#CCn1c(=NC(=O)c2ccc(S(=O)(=O)N3CCOCC3)cc2)sc2cc3c(cc21)OCCO3. The normalized spacial score (nSPS) is 17.0. The summed E-state index contributed by atoms with van der Waals surface area (Å²) >= 11 is 1.32. The van der Waals surface area contributed by atoms with Crippen LogP contribution in [0.1, 0.15) is 10.4 Å². The van der Waals surface area contributed by atoms with Crippen LogP contribution in [0.2, 0.25) is 0 Å². The molecule has 11 heteroatoms. The minimum atomic E-state index is -3.64. The van der Waals surface area contributed by atoms with E-state index in [1.54, 1.807) is 4.57 Å². The van der Waals surface area contributed by atoms with Gasteiger partial charge >= 0.3 is 0 Å². The van der Waals surface area contributed by atoms with Gasteiger partial charge in [-0.05, 0) is 24.3 Å². The highest BCUT2D eigenvalue weighted by Gasteiger charge is 2.26. The Morgan fingerprint density at radius 2 is 1.74 bits per heavy atom. The van der Waals surface area contributed by atoms with Crippen molar-refractivity contribution >= 4 is 37.5 Å². The Morgan fingerprint density at radius 1 is 1.06 bits per heavy atom. The van der Waals surface area contributed by atoms with Gasteiger partial charge in [0.15, 0.2) is 16.3 Å². The molecule has 5 rings (SSSR count). The number of sulfonamides is 1. The van der Waals surface area contributed by atoms with Crippen LogP contribution in [0.15, 0.2) is 46.3 Å². The Bertz CT molecular complexity index is 1460. The molecule has 2 aliphatic rings. The Kier molecular flexibility index (Phi) is 6.14. The smallest absolute Gasteiger partial charge is 0.279 e. The van der Waals surface area contributed by atoms with Crippen molar-refractivity contribution in [3.63, 3.8) is 0 Å². The average Bonchev–Trinajstić information content (AvgIpc) is 3.19. The van der Waals surface area contributed by atoms with Crippen molar-refractivity contribution in [3.05, 3.63) is 46.8 Å². The zero-order valence-corrected chi connectivity index (χ0v) is 19.7. The van der Waals surface area contributed by atoms with E-state index >= 15 is 0 Å². The molecule has 176 valence electrons. The van der Waals surface area contributed by atoms with Gasteiger partial charge in [-0.25, -0.2) is 8.42 Å². The number of terminal acetylenes is 1. The predicted molar refractivity (Wildman–Crippen MR) is 126 cm³/mol. The Labute approximate surface area is 200 Å². The number of nitrogens with zero attached hydrogens (tertiary/aromatic N) is 3. The summed E-state index contributed by atoms with van der Waals surface area (Å²) in [5, 5.41) is 0. The second-order valence-corrected chi connectivity index (χ2v) is 10.5. The van der Waals surface area contributed by atoms with E-state index in [2.05, 4.69) is 10.9 Å². The summed E-state index contributed by atoms with van der Waals surface area (Å²) in [6, 6.07) is 9.49. The van der Waals surface area contributed by atoms with E-state index < -0.39 is 15.9 Å².